The van der Waals surface area contributed by atoms with Gasteiger partial charge in [0.1, 0.15) is 13.3 Å². The Morgan fingerprint density at radius 1 is 1.54 bits per heavy atom. The minimum absolute atomic E-state index is 0.118. The Kier molecular flexibility index (Phi) is 4.25. The van der Waals surface area contributed by atoms with E-state index in [1.807, 2.05) is 0 Å². The molecule has 1 amide bonds. The summed E-state index contributed by atoms with van der Waals surface area (Å²) in [6.07, 6.45) is 2.07. The van der Waals surface area contributed by atoms with E-state index in [-0.39, 0.29) is 5.91 Å². The van der Waals surface area contributed by atoms with Gasteiger partial charge < -0.3 is 14.5 Å². The number of rotatable bonds is 2. The number of oxime groups is 1. The average Bonchev–Trinajstić information content (AvgIpc) is 2.42. The van der Waals surface area contributed by atoms with Crippen molar-refractivity contribution in [2.45, 2.75) is 6.42 Å². The Balaban J connectivity index is 2.39. The maximum atomic E-state index is 11.4. The molecular weight excluding hydrogens is 172 g/mol. The molecule has 0 radical (unpaired) electrons. The number of amides is 1. The van der Waals surface area contributed by atoms with Crippen LogP contribution in [-0.2, 0) is 14.4 Å². The number of hydrogen-bond donors (Lipinski definition) is 0. The Bertz CT molecular complexity index is 186. The van der Waals surface area contributed by atoms with Crippen molar-refractivity contribution in [3.05, 3.63) is 0 Å². The largest absolute Gasteiger partial charge is 0.399 e. The van der Waals surface area contributed by atoms with Crippen molar-refractivity contribution in [1.29, 1.82) is 0 Å². The molecule has 0 bridgehead atoms. The molecule has 1 aliphatic rings. The zero-order valence-electron chi connectivity index (χ0n) is 7.73. The first-order chi connectivity index (χ1) is 6.34. The fourth-order valence-corrected chi connectivity index (χ4v) is 1.15. The summed E-state index contributed by atoms with van der Waals surface area (Å²) in [5, 5.41) is 3.42. The maximum Gasteiger partial charge on any atom is 0.268 e. The van der Waals surface area contributed by atoms with E-state index in [1.54, 1.807) is 4.90 Å². The van der Waals surface area contributed by atoms with Gasteiger partial charge in [0.05, 0.1) is 6.61 Å². The monoisotopic (exact) mass is 186 g/mol. The van der Waals surface area contributed by atoms with Gasteiger partial charge in [-0.2, -0.15) is 0 Å². The molecule has 0 unspecified atom stereocenters. The minimum atomic E-state index is -0.118. The van der Waals surface area contributed by atoms with Crippen LogP contribution in [0.1, 0.15) is 6.42 Å². The molecular formula is C8H14N2O3. The summed E-state index contributed by atoms with van der Waals surface area (Å²) < 4.78 is 5.21. The van der Waals surface area contributed by atoms with Gasteiger partial charge >= 0.3 is 0 Å². The fourth-order valence-electron chi connectivity index (χ4n) is 1.15. The Hall–Kier alpha value is -1.10. The number of nitrogens with zero attached hydrogens (tertiary/aromatic N) is 2. The summed E-state index contributed by atoms with van der Waals surface area (Å²) in [5.41, 5.74) is 0. The molecule has 13 heavy (non-hydrogen) atoms. The second-order valence-corrected chi connectivity index (χ2v) is 2.71. The van der Waals surface area contributed by atoms with E-state index < -0.39 is 0 Å². The van der Waals surface area contributed by atoms with Crippen LogP contribution in [-0.4, -0.2) is 50.4 Å². The van der Waals surface area contributed by atoms with Crippen LogP contribution in [0.25, 0.3) is 0 Å². The first kappa shape index (κ1) is 9.98. The number of carbonyl (C=O) groups excluding carboxylic acids is 1. The molecule has 0 aromatic heterocycles. The molecule has 0 spiro atoms. The van der Waals surface area contributed by atoms with E-state index in [0.717, 1.165) is 19.6 Å². The van der Waals surface area contributed by atoms with Crippen LogP contribution >= 0.6 is 0 Å². The van der Waals surface area contributed by atoms with Gasteiger partial charge in [-0.15, -0.1) is 0 Å². The van der Waals surface area contributed by atoms with Gasteiger partial charge in [0.15, 0.2) is 0 Å². The van der Waals surface area contributed by atoms with E-state index in [1.165, 1.54) is 13.3 Å². The van der Waals surface area contributed by atoms with Gasteiger partial charge in [-0.25, -0.2) is 0 Å². The SMILES string of the molecule is CO/N=C/C(=O)N1CCCOCC1. The highest BCUT2D eigenvalue weighted by molar-refractivity contribution is 6.25. The molecule has 1 aliphatic heterocycles. The zero-order valence-corrected chi connectivity index (χ0v) is 7.73. The second kappa shape index (κ2) is 5.53. The van der Waals surface area contributed by atoms with Gasteiger partial charge in [-0.05, 0) is 6.42 Å². The highest BCUT2D eigenvalue weighted by atomic mass is 16.6. The minimum Gasteiger partial charge on any atom is -0.399 e. The molecule has 0 N–H and O–H groups in total. The topological polar surface area (TPSA) is 51.1 Å². The lowest BCUT2D eigenvalue weighted by Crippen LogP contribution is -2.33. The van der Waals surface area contributed by atoms with E-state index in [2.05, 4.69) is 9.99 Å². The lowest BCUT2D eigenvalue weighted by atomic mass is 10.4. The number of hydrogen-bond acceptors (Lipinski definition) is 4. The third-order valence-electron chi connectivity index (χ3n) is 1.80. The Morgan fingerprint density at radius 3 is 3.15 bits per heavy atom. The average molecular weight is 186 g/mol. The van der Waals surface area contributed by atoms with Crippen molar-refractivity contribution in [3.63, 3.8) is 0 Å². The maximum absolute atomic E-state index is 11.4. The molecule has 1 saturated heterocycles. The first-order valence-corrected chi connectivity index (χ1v) is 4.28. The van der Waals surface area contributed by atoms with Gasteiger partial charge in [0, 0.05) is 19.7 Å². The quantitative estimate of drug-likeness (QED) is 0.446. The van der Waals surface area contributed by atoms with Crippen LogP contribution in [0, 0.1) is 0 Å². The molecule has 0 aliphatic carbocycles. The lowest BCUT2D eigenvalue weighted by molar-refractivity contribution is -0.123. The molecule has 5 nitrogen and oxygen atoms in total. The summed E-state index contributed by atoms with van der Waals surface area (Å²) in [6, 6.07) is 0. The predicted molar refractivity (Wildman–Crippen MR) is 47.5 cm³/mol. The molecule has 1 fully saturated rings. The van der Waals surface area contributed by atoms with Crippen molar-refractivity contribution in [2.75, 3.05) is 33.4 Å². The van der Waals surface area contributed by atoms with E-state index in [4.69, 9.17) is 4.74 Å². The van der Waals surface area contributed by atoms with Gasteiger partial charge in [0.25, 0.3) is 5.91 Å². The van der Waals surface area contributed by atoms with E-state index >= 15 is 0 Å². The smallest absolute Gasteiger partial charge is 0.268 e. The first-order valence-electron chi connectivity index (χ1n) is 4.28. The normalized spacial score (nSPS) is 18.7. The van der Waals surface area contributed by atoms with Crippen molar-refractivity contribution in [1.82, 2.24) is 4.90 Å². The van der Waals surface area contributed by atoms with Crippen LogP contribution < -0.4 is 0 Å². The highest BCUT2D eigenvalue weighted by Crippen LogP contribution is 1.98. The predicted octanol–water partition coefficient (Wildman–Crippen LogP) is -0.132. The summed E-state index contributed by atoms with van der Waals surface area (Å²) in [4.78, 5) is 17.5. The van der Waals surface area contributed by atoms with Crippen LogP contribution in [0.2, 0.25) is 0 Å². The summed E-state index contributed by atoms with van der Waals surface area (Å²) in [5.74, 6) is -0.118. The lowest BCUT2D eigenvalue weighted by Gasteiger charge is -2.16. The van der Waals surface area contributed by atoms with Crippen LogP contribution in [0.3, 0.4) is 0 Å². The molecule has 1 rings (SSSR count). The summed E-state index contributed by atoms with van der Waals surface area (Å²) >= 11 is 0. The molecule has 0 aromatic carbocycles. The zero-order chi connectivity index (χ0) is 9.52. The summed E-state index contributed by atoms with van der Waals surface area (Å²) in [6.45, 7) is 2.70. The highest BCUT2D eigenvalue weighted by Gasteiger charge is 2.13. The van der Waals surface area contributed by atoms with Crippen LogP contribution in [0.5, 0.6) is 0 Å². The third-order valence-corrected chi connectivity index (χ3v) is 1.80. The number of carbonyl (C=O) groups is 1. The van der Waals surface area contributed by atoms with Crippen molar-refractivity contribution in [3.8, 4) is 0 Å². The van der Waals surface area contributed by atoms with Crippen LogP contribution in [0.4, 0.5) is 0 Å². The molecule has 74 valence electrons. The molecule has 0 atom stereocenters. The van der Waals surface area contributed by atoms with Gasteiger partial charge in [-0.3, -0.25) is 4.79 Å². The van der Waals surface area contributed by atoms with E-state index in [0.29, 0.717) is 13.2 Å². The van der Waals surface area contributed by atoms with Crippen molar-refractivity contribution in [2.24, 2.45) is 5.16 Å². The third kappa shape index (κ3) is 3.42. The van der Waals surface area contributed by atoms with Gasteiger partial charge in [0.2, 0.25) is 0 Å². The standard InChI is InChI=1S/C8H14N2O3/c1-12-9-7-8(11)10-3-2-5-13-6-4-10/h7H,2-6H2,1H3/b9-7+. The number of ether oxygens (including phenoxy) is 1. The Morgan fingerprint density at radius 2 is 2.38 bits per heavy atom. The molecule has 0 saturated carbocycles. The van der Waals surface area contributed by atoms with Crippen molar-refractivity contribution < 1.29 is 14.4 Å². The van der Waals surface area contributed by atoms with Crippen molar-refractivity contribution >= 4 is 12.1 Å². The van der Waals surface area contributed by atoms with Crippen LogP contribution in [0.15, 0.2) is 5.16 Å². The summed E-state index contributed by atoms with van der Waals surface area (Å²) in [7, 11) is 1.41. The molecule has 5 heteroatoms. The molecule has 0 aromatic rings. The van der Waals surface area contributed by atoms with Gasteiger partial charge in [-0.1, -0.05) is 5.16 Å². The second-order valence-electron chi connectivity index (χ2n) is 2.71. The molecule has 1 heterocycles. The fraction of sp³-hybridized carbons (Fsp3) is 0.750. The van der Waals surface area contributed by atoms with E-state index in [9.17, 15) is 4.79 Å². The Labute approximate surface area is 77.3 Å².